The Balaban J connectivity index is 3.39. The Morgan fingerprint density at radius 2 is 1.61 bits per heavy atom. The summed E-state index contributed by atoms with van der Waals surface area (Å²) in [6.45, 7) is 7.09. The van der Waals surface area contributed by atoms with Gasteiger partial charge in [0, 0.05) is 5.56 Å². The lowest BCUT2D eigenvalue weighted by Crippen LogP contribution is -2.04. The summed E-state index contributed by atoms with van der Waals surface area (Å²) in [6.07, 6.45) is 0.755. The van der Waals surface area contributed by atoms with Crippen LogP contribution in [-0.4, -0.2) is 26.1 Å². The molecule has 0 heterocycles. The molecule has 0 amide bonds. The zero-order chi connectivity index (χ0) is 13.5. The van der Waals surface area contributed by atoms with Crippen LogP contribution >= 0.6 is 15.9 Å². The van der Waals surface area contributed by atoms with Crippen molar-refractivity contribution in [1.82, 2.24) is 0 Å². The van der Waals surface area contributed by atoms with Crippen LogP contribution in [-0.2, 0) is 0 Å². The maximum Gasteiger partial charge on any atom is 0.204 e. The highest BCUT2D eigenvalue weighted by atomic mass is 79.9. The molecular weight excluding hydrogens is 300 g/mol. The van der Waals surface area contributed by atoms with Crippen molar-refractivity contribution in [1.29, 1.82) is 0 Å². The van der Waals surface area contributed by atoms with E-state index < -0.39 is 0 Å². The van der Waals surface area contributed by atoms with Crippen LogP contribution in [0.15, 0.2) is 10.5 Å². The molecule has 0 spiro atoms. The van der Waals surface area contributed by atoms with Crippen molar-refractivity contribution in [3.63, 3.8) is 0 Å². The maximum atomic E-state index is 11.0. The summed E-state index contributed by atoms with van der Waals surface area (Å²) in [5.41, 5.74) is 0.477. The maximum absolute atomic E-state index is 11.0. The molecule has 0 bridgehead atoms. The lowest BCUT2D eigenvalue weighted by atomic mass is 10.2. The minimum atomic E-state index is 0.477. The molecule has 18 heavy (non-hydrogen) atoms. The fraction of sp³-hybridized carbons (Fsp3) is 0.462. The first-order valence-electron chi connectivity index (χ1n) is 5.89. The quantitative estimate of drug-likeness (QED) is 0.723. The molecule has 0 saturated carbocycles. The predicted molar refractivity (Wildman–Crippen MR) is 73.0 cm³/mol. The molecule has 0 fully saturated rings. The molecule has 0 aromatic heterocycles. The van der Waals surface area contributed by atoms with E-state index in [4.69, 9.17) is 14.2 Å². The van der Waals surface area contributed by atoms with E-state index in [1.165, 1.54) is 0 Å². The monoisotopic (exact) mass is 316 g/mol. The van der Waals surface area contributed by atoms with Gasteiger partial charge in [0.05, 0.1) is 24.3 Å². The number of aldehydes is 1. The Morgan fingerprint density at radius 1 is 1.06 bits per heavy atom. The Hall–Kier alpha value is -1.23. The summed E-state index contributed by atoms with van der Waals surface area (Å²) in [6, 6.07) is 1.65. The summed E-state index contributed by atoms with van der Waals surface area (Å²) >= 11 is 3.36. The third-order valence-electron chi connectivity index (χ3n) is 2.17. The van der Waals surface area contributed by atoms with E-state index in [0.717, 1.165) is 6.29 Å². The van der Waals surface area contributed by atoms with Crippen molar-refractivity contribution in [2.75, 3.05) is 19.8 Å². The Labute approximate surface area is 115 Å². The van der Waals surface area contributed by atoms with Crippen LogP contribution in [0.2, 0.25) is 0 Å². The van der Waals surface area contributed by atoms with Gasteiger partial charge in [0.2, 0.25) is 5.75 Å². The van der Waals surface area contributed by atoms with Gasteiger partial charge in [0.15, 0.2) is 17.8 Å². The smallest absolute Gasteiger partial charge is 0.204 e. The number of hydrogen-bond acceptors (Lipinski definition) is 4. The average Bonchev–Trinajstić information content (AvgIpc) is 2.37. The number of carbonyl (C=O) groups is 1. The second kappa shape index (κ2) is 7.26. The predicted octanol–water partition coefficient (Wildman–Crippen LogP) is 3.46. The molecule has 0 N–H and O–H groups in total. The van der Waals surface area contributed by atoms with Gasteiger partial charge in [-0.15, -0.1) is 0 Å². The van der Waals surface area contributed by atoms with Gasteiger partial charge < -0.3 is 14.2 Å². The summed E-state index contributed by atoms with van der Waals surface area (Å²) in [7, 11) is 0. The second-order valence-corrected chi connectivity index (χ2v) is 4.15. The second-order valence-electron chi connectivity index (χ2n) is 3.35. The van der Waals surface area contributed by atoms with Crippen molar-refractivity contribution < 1.29 is 19.0 Å². The van der Waals surface area contributed by atoms with Crippen LogP contribution in [0.1, 0.15) is 31.1 Å². The molecule has 5 heteroatoms. The van der Waals surface area contributed by atoms with Crippen LogP contribution < -0.4 is 14.2 Å². The lowest BCUT2D eigenvalue weighted by Gasteiger charge is -2.17. The van der Waals surface area contributed by atoms with Crippen LogP contribution in [0.4, 0.5) is 0 Å². The first-order valence-corrected chi connectivity index (χ1v) is 6.68. The minimum absolute atomic E-state index is 0.477. The molecule has 0 aliphatic rings. The summed E-state index contributed by atoms with van der Waals surface area (Å²) < 4.78 is 17.2. The molecule has 0 atom stereocenters. The molecule has 0 aliphatic heterocycles. The number of rotatable bonds is 7. The first-order chi connectivity index (χ1) is 8.69. The largest absolute Gasteiger partial charge is 0.490 e. The van der Waals surface area contributed by atoms with Crippen molar-refractivity contribution in [2.45, 2.75) is 20.8 Å². The molecule has 0 aliphatic carbocycles. The van der Waals surface area contributed by atoms with E-state index in [1.807, 2.05) is 20.8 Å². The summed E-state index contributed by atoms with van der Waals surface area (Å²) in [5, 5.41) is 0. The first kappa shape index (κ1) is 14.8. The van der Waals surface area contributed by atoms with E-state index in [1.54, 1.807) is 6.07 Å². The van der Waals surface area contributed by atoms with Gasteiger partial charge in [-0.2, -0.15) is 0 Å². The minimum Gasteiger partial charge on any atom is -0.490 e. The Bertz CT molecular complexity index is 418. The zero-order valence-corrected chi connectivity index (χ0v) is 12.4. The standard InChI is InChI=1S/C13H17BrO4/c1-4-16-10-7-9(8-15)11(14)13(18-6-3)12(10)17-5-2/h7-8H,4-6H2,1-3H3. The highest BCUT2D eigenvalue weighted by Crippen LogP contribution is 2.44. The molecule has 0 unspecified atom stereocenters. The van der Waals surface area contributed by atoms with Crippen molar-refractivity contribution in [3.8, 4) is 17.2 Å². The fourth-order valence-corrected chi connectivity index (χ4v) is 2.02. The van der Waals surface area contributed by atoms with Crippen molar-refractivity contribution in [2.24, 2.45) is 0 Å². The molecule has 1 aromatic carbocycles. The molecule has 1 aromatic rings. The van der Waals surface area contributed by atoms with Gasteiger partial charge >= 0.3 is 0 Å². The molecular formula is C13H17BrO4. The molecule has 4 nitrogen and oxygen atoms in total. The molecule has 1 rings (SSSR count). The summed E-state index contributed by atoms with van der Waals surface area (Å²) in [5.74, 6) is 1.55. The van der Waals surface area contributed by atoms with Crippen molar-refractivity contribution in [3.05, 3.63) is 16.1 Å². The number of benzene rings is 1. The number of carbonyl (C=O) groups excluding carboxylic acids is 1. The molecule has 0 radical (unpaired) electrons. The zero-order valence-electron chi connectivity index (χ0n) is 10.8. The SMILES string of the molecule is CCOc1cc(C=O)c(Br)c(OCC)c1OCC. The fourth-order valence-electron chi connectivity index (χ4n) is 1.52. The Morgan fingerprint density at radius 3 is 2.11 bits per heavy atom. The topological polar surface area (TPSA) is 44.8 Å². The normalized spacial score (nSPS) is 10.0. The third kappa shape index (κ3) is 3.16. The van der Waals surface area contributed by atoms with Crippen molar-refractivity contribution >= 4 is 22.2 Å². The van der Waals surface area contributed by atoms with Gasteiger partial charge in [-0.25, -0.2) is 0 Å². The molecule has 100 valence electrons. The van der Waals surface area contributed by atoms with Gasteiger partial charge in [0.25, 0.3) is 0 Å². The van der Waals surface area contributed by atoms with Crippen LogP contribution in [0.25, 0.3) is 0 Å². The van der Waals surface area contributed by atoms with E-state index in [0.29, 0.717) is 47.1 Å². The van der Waals surface area contributed by atoms with Crippen LogP contribution in [0, 0.1) is 0 Å². The van der Waals surface area contributed by atoms with Gasteiger partial charge in [-0.3, -0.25) is 4.79 Å². The Kier molecular flexibility index (Phi) is 5.98. The summed E-state index contributed by atoms with van der Waals surface area (Å²) in [4.78, 5) is 11.0. The van der Waals surface area contributed by atoms with Crippen LogP contribution in [0.5, 0.6) is 17.2 Å². The van der Waals surface area contributed by atoms with Crippen LogP contribution in [0.3, 0.4) is 0 Å². The van der Waals surface area contributed by atoms with Gasteiger partial charge in [0.1, 0.15) is 0 Å². The molecule has 0 saturated heterocycles. The van der Waals surface area contributed by atoms with E-state index in [-0.39, 0.29) is 0 Å². The van der Waals surface area contributed by atoms with Gasteiger partial charge in [-0.05, 0) is 42.8 Å². The average molecular weight is 317 g/mol. The van der Waals surface area contributed by atoms with Gasteiger partial charge in [-0.1, -0.05) is 0 Å². The number of ether oxygens (including phenoxy) is 3. The number of hydrogen-bond donors (Lipinski definition) is 0. The lowest BCUT2D eigenvalue weighted by molar-refractivity contribution is 0.112. The third-order valence-corrected chi connectivity index (χ3v) is 2.99. The highest BCUT2D eigenvalue weighted by Gasteiger charge is 2.19. The van der Waals surface area contributed by atoms with E-state index in [2.05, 4.69) is 15.9 Å². The van der Waals surface area contributed by atoms with E-state index >= 15 is 0 Å². The highest BCUT2D eigenvalue weighted by molar-refractivity contribution is 9.10. The van der Waals surface area contributed by atoms with E-state index in [9.17, 15) is 4.79 Å². The number of halogens is 1.